The van der Waals surface area contributed by atoms with Gasteiger partial charge in [0.05, 0.1) is 5.38 Å². The number of benzene rings is 1. The second-order valence-corrected chi connectivity index (χ2v) is 8.08. The van der Waals surface area contributed by atoms with Crippen LogP contribution in [0.25, 0.3) is 5.57 Å². The van der Waals surface area contributed by atoms with E-state index >= 15 is 0 Å². The fourth-order valence-electron chi connectivity index (χ4n) is 3.89. The maximum Gasteiger partial charge on any atom is 0.573 e. The molecule has 2 aliphatic rings. The van der Waals surface area contributed by atoms with Gasteiger partial charge in [0.25, 0.3) is 0 Å². The summed E-state index contributed by atoms with van der Waals surface area (Å²) in [7, 11) is 1.42. The number of methoxy groups -OCH3 is 1. The molecule has 1 aromatic rings. The molecule has 1 aliphatic heterocycles. The number of carbonyl (C=O) groups is 2. The van der Waals surface area contributed by atoms with E-state index in [0.29, 0.717) is 24.2 Å². The van der Waals surface area contributed by atoms with E-state index in [1.807, 2.05) is 0 Å². The fraction of sp³-hybridized carbons (Fsp3) is 0.455. The average Bonchev–Trinajstić information content (AvgIpc) is 2.73. The zero-order valence-corrected chi connectivity index (χ0v) is 18.2. The van der Waals surface area contributed by atoms with Crippen molar-refractivity contribution < 1.29 is 32.2 Å². The minimum absolute atomic E-state index is 0.0955. The molecular formula is C22H24ClF3N2O4. The van der Waals surface area contributed by atoms with Gasteiger partial charge in [-0.2, -0.15) is 0 Å². The summed E-state index contributed by atoms with van der Waals surface area (Å²) in [6, 6.07) is 5.16. The summed E-state index contributed by atoms with van der Waals surface area (Å²) in [4.78, 5) is 26.7. The Bertz CT molecular complexity index is 917. The van der Waals surface area contributed by atoms with Gasteiger partial charge < -0.3 is 19.7 Å². The highest BCUT2D eigenvalue weighted by atomic mass is 35.5. The third-order valence-corrected chi connectivity index (χ3v) is 5.69. The Hall–Kier alpha value is -2.52. The van der Waals surface area contributed by atoms with Crippen molar-refractivity contribution in [2.75, 3.05) is 20.3 Å². The van der Waals surface area contributed by atoms with Crippen LogP contribution in [0.4, 0.5) is 13.2 Å². The summed E-state index contributed by atoms with van der Waals surface area (Å²) in [5.41, 5.74) is 1.21. The number of nitrogens with one attached hydrogen (secondary N) is 1. The fourth-order valence-corrected chi connectivity index (χ4v) is 4.24. The summed E-state index contributed by atoms with van der Waals surface area (Å²) >= 11 is 6.47. The second kappa shape index (κ2) is 10.4. The third kappa shape index (κ3) is 6.04. The molecule has 1 saturated heterocycles. The highest BCUT2D eigenvalue weighted by Gasteiger charge is 2.34. The van der Waals surface area contributed by atoms with E-state index in [1.54, 1.807) is 18.2 Å². The zero-order valence-electron chi connectivity index (χ0n) is 17.5. The van der Waals surface area contributed by atoms with Crippen LogP contribution in [0.2, 0.25) is 0 Å². The van der Waals surface area contributed by atoms with Gasteiger partial charge in [0.1, 0.15) is 18.4 Å². The first-order valence-electron chi connectivity index (χ1n) is 10.2. The molecular weight excluding hydrogens is 449 g/mol. The van der Waals surface area contributed by atoms with Crippen LogP contribution in [-0.2, 0) is 14.3 Å². The van der Waals surface area contributed by atoms with Crippen LogP contribution < -0.4 is 10.1 Å². The largest absolute Gasteiger partial charge is 0.573 e. The molecule has 3 rings (SSSR count). The van der Waals surface area contributed by atoms with Crippen molar-refractivity contribution in [1.82, 2.24) is 10.2 Å². The predicted molar refractivity (Wildman–Crippen MR) is 113 cm³/mol. The normalized spacial score (nSPS) is 21.5. The maximum absolute atomic E-state index is 12.9. The van der Waals surface area contributed by atoms with E-state index in [2.05, 4.69) is 10.1 Å². The Labute approximate surface area is 189 Å². The van der Waals surface area contributed by atoms with Crippen LogP contribution >= 0.6 is 11.6 Å². The lowest BCUT2D eigenvalue weighted by Gasteiger charge is -2.35. The molecule has 1 heterocycles. The summed E-state index contributed by atoms with van der Waals surface area (Å²) < 4.78 is 47.2. The molecule has 1 aromatic carbocycles. The molecule has 2 unspecified atom stereocenters. The number of alkyl halides is 4. The van der Waals surface area contributed by atoms with Crippen molar-refractivity contribution in [3.8, 4) is 5.75 Å². The summed E-state index contributed by atoms with van der Waals surface area (Å²) in [6.07, 6.45) is 0.752. The Balaban J connectivity index is 1.75. The second-order valence-electron chi connectivity index (χ2n) is 7.55. The standard InChI is InChI=1S/C22H24ClF3N2O4/c1-31-13-20(29)28-11-5-4-7-18(28)21(30)27-14-9-10-15(17(23)12-14)16-6-2-3-8-19(16)32-22(24,25)26/h2-3,6,8-10,17-18H,4-5,7,11-13H2,1H3,(H,27,30). The van der Waals surface area contributed by atoms with Crippen LogP contribution in [0.1, 0.15) is 31.2 Å². The molecule has 2 atom stereocenters. The van der Waals surface area contributed by atoms with E-state index in [1.165, 1.54) is 30.2 Å². The van der Waals surface area contributed by atoms with Crippen LogP contribution in [0.3, 0.4) is 0 Å². The lowest BCUT2D eigenvalue weighted by molar-refractivity contribution is -0.274. The number of piperidine rings is 1. The number of carbonyl (C=O) groups excluding carboxylic acids is 2. The molecule has 2 amide bonds. The molecule has 0 spiro atoms. The number of hydrogen-bond donors (Lipinski definition) is 1. The van der Waals surface area contributed by atoms with E-state index < -0.39 is 17.8 Å². The number of rotatable bonds is 6. The number of likely N-dealkylation sites (tertiary alicyclic amines) is 1. The lowest BCUT2D eigenvalue weighted by Crippen LogP contribution is -2.52. The summed E-state index contributed by atoms with van der Waals surface area (Å²) in [6.45, 7) is 0.388. The van der Waals surface area contributed by atoms with Crippen molar-refractivity contribution in [2.24, 2.45) is 0 Å². The van der Waals surface area contributed by atoms with Crippen LogP contribution in [0, 0.1) is 0 Å². The SMILES string of the molecule is COCC(=O)N1CCCCC1C(=O)NC1=CC=C(c2ccccc2OC(F)(F)F)C(Cl)C1. The Morgan fingerprint density at radius 3 is 2.66 bits per heavy atom. The molecule has 1 aliphatic carbocycles. The van der Waals surface area contributed by atoms with Crippen LogP contribution in [0.5, 0.6) is 5.75 Å². The van der Waals surface area contributed by atoms with Crippen molar-refractivity contribution in [2.45, 2.75) is 43.5 Å². The van der Waals surface area contributed by atoms with E-state index in [0.717, 1.165) is 12.8 Å². The Morgan fingerprint density at radius 2 is 1.97 bits per heavy atom. The molecule has 1 fully saturated rings. The first-order valence-corrected chi connectivity index (χ1v) is 10.6. The van der Waals surface area contributed by atoms with Crippen molar-refractivity contribution in [1.29, 1.82) is 0 Å². The first-order chi connectivity index (χ1) is 15.2. The number of para-hydroxylation sites is 1. The number of amides is 2. The topological polar surface area (TPSA) is 67.9 Å². The van der Waals surface area contributed by atoms with Crippen molar-refractivity contribution >= 4 is 29.0 Å². The highest BCUT2D eigenvalue weighted by molar-refractivity contribution is 6.27. The third-order valence-electron chi connectivity index (χ3n) is 5.30. The molecule has 0 aromatic heterocycles. The molecule has 0 radical (unpaired) electrons. The summed E-state index contributed by atoms with van der Waals surface area (Å²) in [5.74, 6) is -0.905. The van der Waals surface area contributed by atoms with Gasteiger partial charge in [-0.05, 0) is 37.0 Å². The molecule has 1 N–H and O–H groups in total. The molecule has 32 heavy (non-hydrogen) atoms. The number of hydrogen-bond acceptors (Lipinski definition) is 4. The van der Waals surface area contributed by atoms with Crippen LogP contribution in [-0.4, -0.2) is 54.8 Å². The molecule has 10 heteroatoms. The molecule has 6 nitrogen and oxygen atoms in total. The minimum atomic E-state index is -4.83. The predicted octanol–water partition coefficient (Wildman–Crippen LogP) is 4.01. The van der Waals surface area contributed by atoms with Gasteiger partial charge in [-0.1, -0.05) is 24.3 Å². The number of nitrogens with zero attached hydrogens (tertiary/aromatic N) is 1. The zero-order chi connectivity index (χ0) is 23.3. The number of halogens is 4. The monoisotopic (exact) mass is 472 g/mol. The van der Waals surface area contributed by atoms with Crippen molar-refractivity contribution in [3.63, 3.8) is 0 Å². The van der Waals surface area contributed by atoms with Gasteiger partial charge in [0, 0.05) is 31.3 Å². The number of ether oxygens (including phenoxy) is 2. The van der Waals surface area contributed by atoms with Gasteiger partial charge in [0.2, 0.25) is 11.8 Å². The van der Waals surface area contributed by atoms with Gasteiger partial charge in [-0.15, -0.1) is 24.8 Å². The smallest absolute Gasteiger partial charge is 0.405 e. The summed E-state index contributed by atoms with van der Waals surface area (Å²) in [5, 5.41) is 2.14. The van der Waals surface area contributed by atoms with Crippen molar-refractivity contribution in [3.05, 3.63) is 47.7 Å². The minimum Gasteiger partial charge on any atom is -0.405 e. The molecule has 174 valence electrons. The van der Waals surface area contributed by atoms with Crippen LogP contribution in [0.15, 0.2) is 42.1 Å². The number of allylic oxidation sites excluding steroid dienone is 4. The first kappa shape index (κ1) is 24.1. The molecule has 0 saturated carbocycles. The lowest BCUT2D eigenvalue weighted by atomic mass is 9.94. The van der Waals surface area contributed by atoms with E-state index in [-0.39, 0.29) is 36.2 Å². The van der Waals surface area contributed by atoms with E-state index in [9.17, 15) is 22.8 Å². The van der Waals surface area contributed by atoms with Gasteiger partial charge in [-0.25, -0.2) is 0 Å². The Morgan fingerprint density at radius 1 is 1.22 bits per heavy atom. The highest BCUT2D eigenvalue weighted by Crippen LogP contribution is 2.37. The quantitative estimate of drug-likeness (QED) is 0.635. The maximum atomic E-state index is 12.9. The van der Waals surface area contributed by atoms with Gasteiger partial charge >= 0.3 is 6.36 Å². The van der Waals surface area contributed by atoms with E-state index in [4.69, 9.17) is 16.3 Å². The molecule has 0 bridgehead atoms. The van der Waals surface area contributed by atoms with Gasteiger partial charge in [-0.3, -0.25) is 9.59 Å². The Kier molecular flexibility index (Phi) is 7.84. The van der Waals surface area contributed by atoms with Gasteiger partial charge in [0.15, 0.2) is 0 Å². The average molecular weight is 473 g/mol.